The van der Waals surface area contributed by atoms with Crippen LogP contribution in [-0.4, -0.2) is 212 Å². The maximum atomic E-state index is 13.4. The molecule has 16 N–H and O–H groups in total. The van der Waals surface area contributed by atoms with Gasteiger partial charge in [0.15, 0.2) is 0 Å². The topological polar surface area (TPSA) is 440 Å². The third-order valence-corrected chi connectivity index (χ3v) is 11.0. The first-order valence-corrected chi connectivity index (χ1v) is 22.3. The van der Waals surface area contributed by atoms with Crippen LogP contribution in [-0.2, 0) is 60.7 Å². The van der Waals surface area contributed by atoms with Crippen LogP contribution >= 0.6 is 0 Å². The zero-order valence-corrected chi connectivity index (χ0v) is 39.1. The number of benzene rings is 2. The van der Waals surface area contributed by atoms with E-state index < -0.39 is 166 Å². The zero-order chi connectivity index (χ0) is 53.4. The van der Waals surface area contributed by atoms with Crippen molar-refractivity contribution < 1.29 is 103 Å². The summed E-state index contributed by atoms with van der Waals surface area (Å²) in [4.78, 5) is 102. The first-order valence-electron chi connectivity index (χ1n) is 22.3. The van der Waals surface area contributed by atoms with E-state index in [1.807, 2.05) is 0 Å². The maximum absolute atomic E-state index is 13.4. The zero-order valence-electron chi connectivity index (χ0n) is 39.1. The second-order valence-electron chi connectivity index (χ2n) is 16.8. The van der Waals surface area contributed by atoms with Gasteiger partial charge in [0, 0.05) is 20.0 Å². The average molecular weight is 1020 g/mol. The van der Waals surface area contributed by atoms with E-state index in [4.69, 9.17) is 18.9 Å². The van der Waals surface area contributed by atoms with E-state index >= 15 is 0 Å². The second kappa shape index (κ2) is 27.3. The summed E-state index contributed by atoms with van der Waals surface area (Å²) in [6.45, 7) is 0.314. The Labute approximate surface area is 410 Å². The molecule has 2 fully saturated rings. The van der Waals surface area contributed by atoms with Gasteiger partial charge in [0.25, 0.3) is 0 Å². The molecule has 2 aromatic rings. The molecule has 0 spiro atoms. The normalized spacial score (nSPS) is 25.4. The molecule has 0 radical (unpaired) electrons. The number of carbonyl (C=O) groups is 8. The van der Waals surface area contributed by atoms with Crippen LogP contribution in [0, 0.1) is 0 Å². The Kier molecular flexibility index (Phi) is 22.0. The van der Waals surface area contributed by atoms with E-state index in [2.05, 4.69) is 37.2 Å². The van der Waals surface area contributed by atoms with Gasteiger partial charge in [-0.3, -0.25) is 38.4 Å². The lowest BCUT2D eigenvalue weighted by molar-refractivity contribution is -0.277. The average Bonchev–Trinajstić information content (AvgIpc) is 3.34. The molecular weight excluding hydrogens is 963 g/mol. The van der Waals surface area contributed by atoms with Crippen molar-refractivity contribution in [1.29, 1.82) is 0 Å². The van der Waals surface area contributed by atoms with Crippen LogP contribution in [0.5, 0.6) is 11.5 Å². The first kappa shape index (κ1) is 58.0. The van der Waals surface area contributed by atoms with Crippen LogP contribution in [0.15, 0.2) is 48.5 Å². The van der Waals surface area contributed by atoms with E-state index in [1.165, 1.54) is 55.5 Å². The van der Waals surface area contributed by atoms with Gasteiger partial charge in [-0.15, -0.1) is 0 Å². The number of hydrogen-bond donors (Lipinski definition) is 16. The number of aliphatic hydroxyl groups is 8. The third kappa shape index (κ3) is 17.0. The fraction of sp³-hybridized carbons (Fsp3) is 0.545. The lowest BCUT2D eigenvalue weighted by Gasteiger charge is -2.39. The Hall–Kier alpha value is -6.60. The number of aliphatic carboxylic acids is 1. The highest BCUT2D eigenvalue weighted by molar-refractivity contribution is 5.95. The summed E-state index contributed by atoms with van der Waals surface area (Å²) in [5, 5.41) is 105. The molecule has 2 saturated heterocycles. The Balaban J connectivity index is 1.34. The quantitative estimate of drug-likeness (QED) is 0.0464. The number of ether oxygens (including phenoxy) is 4. The number of amides is 7. The van der Waals surface area contributed by atoms with Gasteiger partial charge in [0.1, 0.15) is 84.5 Å². The van der Waals surface area contributed by atoms with Gasteiger partial charge >= 0.3 is 5.97 Å². The molecule has 0 aromatic heterocycles. The van der Waals surface area contributed by atoms with E-state index in [9.17, 15) is 84.3 Å². The molecule has 0 aliphatic carbocycles. The summed E-state index contributed by atoms with van der Waals surface area (Å²) >= 11 is 0. The maximum Gasteiger partial charge on any atom is 0.325 e. The minimum absolute atomic E-state index is 0.118. The number of carbonyl (C=O) groups excluding carboxylic acids is 7. The standard InChI is InChI=1S/C44H61N7O21/c1-19(48-21(3)54)39(64)51-26(14-45-30(55)12-22-4-8-24(9-5-22)69-43-37(62)35(60)33(58)28(17-52)71-43)40(65)47-16-32(57)50-27(41(66)49-20(2)42(67)68)15-46-31(56)13-23-6-10-25(11-7-23)70-44-38(63)36(61)34(59)29(18-53)72-44/h4-11,19-20,26-29,33-38,43-44,52-53,58-63H,12-18H2,1-3H3,(H,45,55)(H,46,56)(H,47,65)(H,48,54)(H,49,66)(H,50,57)(H,51,64)(H,67,68)/t19-,20-,26-,27-,28+,29+,33+,34+,35-,36-,37-,38-,43-,44-/m0/s1. The van der Waals surface area contributed by atoms with Gasteiger partial charge in [-0.25, -0.2) is 0 Å². The van der Waals surface area contributed by atoms with Crippen molar-refractivity contribution in [3.05, 3.63) is 59.7 Å². The molecule has 14 atom stereocenters. The summed E-state index contributed by atoms with van der Waals surface area (Å²) in [5.74, 6) is -6.99. The molecule has 0 bridgehead atoms. The highest BCUT2D eigenvalue weighted by atomic mass is 16.7. The molecule has 28 heteroatoms. The van der Waals surface area contributed by atoms with Gasteiger partial charge in [0.05, 0.1) is 32.6 Å². The molecule has 28 nitrogen and oxygen atoms in total. The fourth-order valence-corrected chi connectivity index (χ4v) is 6.89. The predicted octanol–water partition coefficient (Wildman–Crippen LogP) is -7.74. The number of carboxylic acid groups (broad SMARTS) is 1. The van der Waals surface area contributed by atoms with Gasteiger partial charge < -0.3 is 102 Å². The number of aliphatic hydroxyl groups excluding tert-OH is 8. The van der Waals surface area contributed by atoms with Gasteiger partial charge in [-0.1, -0.05) is 24.3 Å². The van der Waals surface area contributed by atoms with Gasteiger partial charge in [0.2, 0.25) is 53.9 Å². The summed E-state index contributed by atoms with van der Waals surface area (Å²) in [6.07, 6.45) is -15.8. The van der Waals surface area contributed by atoms with E-state index in [-0.39, 0.29) is 24.3 Å². The predicted molar refractivity (Wildman–Crippen MR) is 240 cm³/mol. The molecule has 0 unspecified atom stereocenters. The van der Waals surface area contributed by atoms with Crippen molar-refractivity contribution in [1.82, 2.24) is 37.2 Å². The van der Waals surface area contributed by atoms with Crippen LogP contribution < -0.4 is 46.7 Å². The molecule has 2 aliphatic rings. The van der Waals surface area contributed by atoms with Crippen LogP contribution in [0.3, 0.4) is 0 Å². The van der Waals surface area contributed by atoms with E-state index in [0.717, 1.165) is 13.8 Å². The lowest BCUT2D eigenvalue weighted by Crippen LogP contribution is -2.60. The minimum Gasteiger partial charge on any atom is -0.480 e. The van der Waals surface area contributed by atoms with Gasteiger partial charge in [-0.05, 0) is 49.2 Å². The second-order valence-corrected chi connectivity index (χ2v) is 16.8. The Morgan fingerprint density at radius 2 is 0.958 bits per heavy atom. The Morgan fingerprint density at radius 3 is 1.36 bits per heavy atom. The fourth-order valence-electron chi connectivity index (χ4n) is 6.89. The van der Waals surface area contributed by atoms with Crippen molar-refractivity contribution in [3.8, 4) is 11.5 Å². The molecule has 2 heterocycles. The van der Waals surface area contributed by atoms with Crippen molar-refractivity contribution in [2.45, 2.75) is 119 Å². The number of nitrogens with one attached hydrogen (secondary N) is 7. The molecular formula is C44H61N7O21. The molecule has 0 saturated carbocycles. The summed E-state index contributed by atoms with van der Waals surface area (Å²) in [7, 11) is 0. The summed E-state index contributed by atoms with van der Waals surface area (Å²) in [6, 6.07) is 5.71. The number of hydrogen-bond acceptors (Lipinski definition) is 20. The number of carboxylic acids is 1. The Bertz CT molecular complexity index is 2180. The van der Waals surface area contributed by atoms with Crippen molar-refractivity contribution in [2.75, 3.05) is 32.8 Å². The largest absolute Gasteiger partial charge is 0.480 e. The highest BCUT2D eigenvalue weighted by Gasteiger charge is 2.46. The molecule has 2 aromatic carbocycles. The van der Waals surface area contributed by atoms with E-state index in [1.54, 1.807) is 0 Å². The molecule has 72 heavy (non-hydrogen) atoms. The Morgan fingerprint density at radius 1 is 0.528 bits per heavy atom. The number of rotatable bonds is 24. The van der Waals surface area contributed by atoms with Crippen molar-refractivity contribution in [2.24, 2.45) is 0 Å². The molecule has 4 rings (SSSR count). The van der Waals surface area contributed by atoms with Crippen molar-refractivity contribution >= 4 is 47.3 Å². The first-order chi connectivity index (χ1) is 34.0. The van der Waals surface area contributed by atoms with Crippen LogP contribution in [0.1, 0.15) is 31.9 Å². The SMILES string of the molecule is CC(=O)N[C@@H](C)C(=O)N[C@@H](CNC(=O)Cc1ccc(O[C@H]2O[C@H](CO)[C@@H](O)[C@H](O)[C@@H]2O)cc1)C(=O)NCC(=O)N[C@@H](CNC(=O)Cc1ccc(O[C@H]2O[C@H](CO)[C@@H](O)[C@H](O)[C@@H]2O)cc1)C(=O)N[C@@H](C)C(=O)O. The summed E-state index contributed by atoms with van der Waals surface area (Å²) < 4.78 is 21.8. The summed E-state index contributed by atoms with van der Waals surface area (Å²) in [5.41, 5.74) is 0.820. The molecule has 7 amide bonds. The minimum atomic E-state index is -1.68. The van der Waals surface area contributed by atoms with Crippen LogP contribution in [0.25, 0.3) is 0 Å². The smallest absolute Gasteiger partial charge is 0.325 e. The van der Waals surface area contributed by atoms with Crippen LogP contribution in [0.4, 0.5) is 0 Å². The molecule has 398 valence electrons. The highest BCUT2D eigenvalue weighted by Crippen LogP contribution is 2.26. The van der Waals surface area contributed by atoms with Crippen molar-refractivity contribution in [3.63, 3.8) is 0 Å². The van der Waals surface area contributed by atoms with E-state index in [0.29, 0.717) is 11.1 Å². The monoisotopic (exact) mass is 1020 g/mol. The molecule has 2 aliphatic heterocycles. The van der Waals surface area contributed by atoms with Crippen LogP contribution in [0.2, 0.25) is 0 Å². The lowest BCUT2D eigenvalue weighted by atomic mass is 9.99. The van der Waals surface area contributed by atoms with Gasteiger partial charge in [-0.2, -0.15) is 0 Å². The third-order valence-electron chi connectivity index (χ3n) is 11.0.